The fraction of sp³-hybridized carbons (Fsp3) is 0.500. The molecule has 110 valence electrons. The highest BCUT2D eigenvalue weighted by Gasteiger charge is 2.32. The number of carbonyl (C=O) groups is 1. The number of nitrogens with one attached hydrogen (secondary N) is 1. The summed E-state index contributed by atoms with van der Waals surface area (Å²) < 4.78 is 36.2. The molecule has 1 aliphatic heterocycles. The minimum atomic E-state index is -4.15. The van der Waals surface area contributed by atoms with Crippen LogP contribution in [-0.4, -0.2) is 36.2 Å². The summed E-state index contributed by atoms with van der Waals surface area (Å²) in [4.78, 5) is 13.5. The van der Waals surface area contributed by atoms with Gasteiger partial charge in [-0.2, -0.15) is 13.2 Å². The highest BCUT2D eigenvalue weighted by Crippen LogP contribution is 2.22. The quantitative estimate of drug-likeness (QED) is 0.901. The van der Waals surface area contributed by atoms with Gasteiger partial charge in [-0.25, -0.2) is 0 Å². The third kappa shape index (κ3) is 4.23. The predicted molar refractivity (Wildman–Crippen MR) is 68.9 cm³/mol. The zero-order valence-electron chi connectivity index (χ0n) is 11.0. The zero-order valence-corrected chi connectivity index (χ0v) is 11.0. The minimum Gasteiger partial charge on any atom is -0.329 e. The smallest absolute Gasteiger partial charge is 0.329 e. The molecule has 20 heavy (non-hydrogen) atoms. The SMILES string of the molecule is O=C1C(Cc2ccccc2)NCN1CCCC(F)(F)F. The number of hydrogen-bond acceptors (Lipinski definition) is 2. The van der Waals surface area contributed by atoms with Crippen LogP contribution in [0.4, 0.5) is 13.2 Å². The molecular formula is C14H17F3N2O. The Labute approximate surface area is 115 Å². The van der Waals surface area contributed by atoms with Gasteiger partial charge in [-0.15, -0.1) is 0 Å². The van der Waals surface area contributed by atoms with Crippen LogP contribution in [0, 0.1) is 0 Å². The van der Waals surface area contributed by atoms with Crippen molar-refractivity contribution in [3.05, 3.63) is 35.9 Å². The van der Waals surface area contributed by atoms with Crippen LogP contribution < -0.4 is 5.32 Å². The monoisotopic (exact) mass is 286 g/mol. The molecule has 1 aliphatic rings. The van der Waals surface area contributed by atoms with Gasteiger partial charge in [0.2, 0.25) is 5.91 Å². The van der Waals surface area contributed by atoms with Crippen molar-refractivity contribution in [2.45, 2.75) is 31.5 Å². The number of rotatable bonds is 5. The topological polar surface area (TPSA) is 32.3 Å². The summed E-state index contributed by atoms with van der Waals surface area (Å²) in [5.74, 6) is -0.115. The van der Waals surface area contributed by atoms with E-state index in [1.54, 1.807) is 0 Å². The van der Waals surface area contributed by atoms with Gasteiger partial charge in [0.05, 0.1) is 12.7 Å². The van der Waals surface area contributed by atoms with Crippen molar-refractivity contribution in [1.82, 2.24) is 10.2 Å². The largest absolute Gasteiger partial charge is 0.389 e. The highest BCUT2D eigenvalue weighted by molar-refractivity contribution is 5.84. The maximum atomic E-state index is 12.1. The molecule has 2 rings (SSSR count). The molecule has 1 aromatic rings. The Bertz CT molecular complexity index is 447. The summed E-state index contributed by atoms with van der Waals surface area (Å²) >= 11 is 0. The normalized spacial score (nSPS) is 19.6. The van der Waals surface area contributed by atoms with E-state index in [-0.39, 0.29) is 24.9 Å². The molecule has 1 aromatic carbocycles. The molecule has 3 nitrogen and oxygen atoms in total. The molecule has 1 atom stereocenters. The van der Waals surface area contributed by atoms with E-state index in [1.807, 2.05) is 30.3 Å². The molecule has 1 saturated heterocycles. The van der Waals surface area contributed by atoms with Gasteiger partial charge in [-0.05, 0) is 18.4 Å². The summed E-state index contributed by atoms with van der Waals surface area (Å²) in [5, 5.41) is 3.05. The number of carbonyl (C=O) groups excluding carboxylic acids is 1. The molecule has 1 amide bonds. The lowest BCUT2D eigenvalue weighted by atomic mass is 10.1. The lowest BCUT2D eigenvalue weighted by Gasteiger charge is -2.16. The number of hydrogen-bond donors (Lipinski definition) is 1. The van der Waals surface area contributed by atoms with Gasteiger partial charge < -0.3 is 4.90 Å². The molecular weight excluding hydrogens is 269 g/mol. The second kappa shape index (κ2) is 6.26. The standard InChI is InChI=1S/C14H17F3N2O/c15-14(16,17)7-4-8-19-10-18-12(13(19)20)9-11-5-2-1-3-6-11/h1-3,5-6,12,18H,4,7-10H2. The van der Waals surface area contributed by atoms with E-state index in [0.717, 1.165) is 5.56 Å². The van der Waals surface area contributed by atoms with Crippen LogP contribution in [0.25, 0.3) is 0 Å². The van der Waals surface area contributed by atoms with E-state index in [0.29, 0.717) is 13.1 Å². The van der Waals surface area contributed by atoms with E-state index in [9.17, 15) is 18.0 Å². The molecule has 0 radical (unpaired) electrons. The van der Waals surface area contributed by atoms with Crippen molar-refractivity contribution in [3.8, 4) is 0 Å². The van der Waals surface area contributed by atoms with Crippen molar-refractivity contribution in [2.75, 3.05) is 13.2 Å². The Morgan fingerprint density at radius 1 is 1.25 bits per heavy atom. The molecule has 1 unspecified atom stereocenters. The molecule has 0 aliphatic carbocycles. The highest BCUT2D eigenvalue weighted by atomic mass is 19.4. The predicted octanol–water partition coefficient (Wildman–Crippen LogP) is 2.33. The zero-order chi connectivity index (χ0) is 14.6. The lowest BCUT2D eigenvalue weighted by molar-refractivity contribution is -0.139. The molecule has 0 spiro atoms. The summed E-state index contributed by atoms with van der Waals surface area (Å²) in [5.41, 5.74) is 1.04. The van der Waals surface area contributed by atoms with Crippen LogP contribution in [0.3, 0.4) is 0 Å². The van der Waals surface area contributed by atoms with Crippen LogP contribution in [0.1, 0.15) is 18.4 Å². The van der Waals surface area contributed by atoms with Crippen molar-refractivity contribution >= 4 is 5.91 Å². The number of halogens is 3. The van der Waals surface area contributed by atoms with Gasteiger partial charge in [0, 0.05) is 13.0 Å². The minimum absolute atomic E-state index is 0.0466. The van der Waals surface area contributed by atoms with Gasteiger partial charge in [0.1, 0.15) is 0 Å². The van der Waals surface area contributed by atoms with Crippen LogP contribution >= 0.6 is 0 Å². The van der Waals surface area contributed by atoms with Crippen molar-refractivity contribution in [2.24, 2.45) is 0 Å². The number of amides is 1. The molecule has 6 heteroatoms. The van der Waals surface area contributed by atoms with Gasteiger partial charge in [-0.1, -0.05) is 30.3 Å². The first-order valence-electron chi connectivity index (χ1n) is 6.58. The Kier molecular flexibility index (Phi) is 4.65. The van der Waals surface area contributed by atoms with Crippen LogP contribution in [0.2, 0.25) is 0 Å². The summed E-state index contributed by atoms with van der Waals surface area (Å²) in [6, 6.07) is 9.23. The second-order valence-corrected chi connectivity index (χ2v) is 4.92. The fourth-order valence-corrected chi connectivity index (χ4v) is 2.27. The molecule has 1 N–H and O–H groups in total. The third-order valence-corrected chi connectivity index (χ3v) is 3.31. The van der Waals surface area contributed by atoms with Crippen LogP contribution in [0.5, 0.6) is 0 Å². The first-order chi connectivity index (χ1) is 9.46. The van der Waals surface area contributed by atoms with Crippen LogP contribution in [-0.2, 0) is 11.2 Å². The summed E-state index contributed by atoms with van der Waals surface area (Å²) in [6.07, 6.45) is -4.48. The van der Waals surface area contributed by atoms with E-state index < -0.39 is 12.6 Å². The maximum absolute atomic E-state index is 12.1. The van der Waals surface area contributed by atoms with Gasteiger partial charge in [-0.3, -0.25) is 10.1 Å². The number of alkyl halides is 3. The Morgan fingerprint density at radius 2 is 1.95 bits per heavy atom. The fourth-order valence-electron chi connectivity index (χ4n) is 2.27. The van der Waals surface area contributed by atoms with Crippen molar-refractivity contribution in [3.63, 3.8) is 0 Å². The Balaban J connectivity index is 1.80. The van der Waals surface area contributed by atoms with Crippen molar-refractivity contribution < 1.29 is 18.0 Å². The molecule has 0 bridgehead atoms. The van der Waals surface area contributed by atoms with E-state index in [2.05, 4.69) is 5.32 Å². The Hall–Kier alpha value is -1.56. The van der Waals surface area contributed by atoms with E-state index in [1.165, 1.54) is 4.90 Å². The summed E-state index contributed by atoms with van der Waals surface area (Å²) in [6.45, 7) is 0.477. The molecule has 0 saturated carbocycles. The lowest BCUT2D eigenvalue weighted by Crippen LogP contribution is -2.33. The van der Waals surface area contributed by atoms with Crippen molar-refractivity contribution in [1.29, 1.82) is 0 Å². The number of benzene rings is 1. The average molecular weight is 286 g/mol. The van der Waals surface area contributed by atoms with Gasteiger partial charge in [0.25, 0.3) is 0 Å². The summed E-state index contributed by atoms with van der Waals surface area (Å²) in [7, 11) is 0. The third-order valence-electron chi connectivity index (χ3n) is 3.31. The number of nitrogens with zero attached hydrogens (tertiary/aromatic N) is 1. The van der Waals surface area contributed by atoms with Gasteiger partial charge in [0.15, 0.2) is 0 Å². The van der Waals surface area contributed by atoms with E-state index in [4.69, 9.17) is 0 Å². The Morgan fingerprint density at radius 3 is 2.60 bits per heavy atom. The van der Waals surface area contributed by atoms with Crippen LogP contribution in [0.15, 0.2) is 30.3 Å². The molecule has 1 fully saturated rings. The molecule has 1 heterocycles. The first-order valence-corrected chi connectivity index (χ1v) is 6.58. The average Bonchev–Trinajstić information content (AvgIpc) is 2.71. The van der Waals surface area contributed by atoms with Gasteiger partial charge >= 0.3 is 6.18 Å². The first kappa shape index (κ1) is 14.8. The van der Waals surface area contributed by atoms with E-state index >= 15 is 0 Å². The maximum Gasteiger partial charge on any atom is 0.389 e. The second-order valence-electron chi connectivity index (χ2n) is 4.92. The molecule has 0 aromatic heterocycles.